The van der Waals surface area contributed by atoms with Crippen LogP contribution in [-0.2, 0) is 5.54 Å². The molecule has 1 aromatic heterocycles. The van der Waals surface area contributed by atoms with Gasteiger partial charge in [0.05, 0.1) is 11.3 Å². The highest BCUT2D eigenvalue weighted by Gasteiger charge is 2.45. The lowest BCUT2D eigenvalue weighted by molar-refractivity contribution is 0.0907. The number of aromatic nitrogens is 4. The predicted octanol–water partition coefficient (Wildman–Crippen LogP) is 0.738. The molecule has 2 aliphatic heterocycles. The van der Waals surface area contributed by atoms with E-state index in [4.69, 9.17) is 0 Å². The first-order valence-corrected chi connectivity index (χ1v) is 7.24. The van der Waals surface area contributed by atoms with Gasteiger partial charge in [-0.15, -0.1) is 5.10 Å². The lowest BCUT2D eigenvalue weighted by atomic mass is 9.98. The molecule has 1 amide bonds. The zero-order valence-electron chi connectivity index (χ0n) is 10.0. The van der Waals surface area contributed by atoms with E-state index in [2.05, 4.69) is 20.8 Å². The molecule has 2 aliphatic rings. The van der Waals surface area contributed by atoms with Crippen molar-refractivity contribution in [2.24, 2.45) is 0 Å². The van der Waals surface area contributed by atoms with Gasteiger partial charge in [0.2, 0.25) is 0 Å². The summed E-state index contributed by atoms with van der Waals surface area (Å²) < 4.78 is 1.69. The number of hydrogen-bond acceptors (Lipinski definition) is 5. The van der Waals surface area contributed by atoms with Gasteiger partial charge in [-0.25, -0.2) is 0 Å². The van der Waals surface area contributed by atoms with Crippen molar-refractivity contribution in [1.29, 1.82) is 0 Å². The molecular formula is C12H11N5OS. The molecule has 19 heavy (non-hydrogen) atoms. The molecule has 0 aliphatic carbocycles. The van der Waals surface area contributed by atoms with Gasteiger partial charge in [0.25, 0.3) is 5.91 Å². The number of benzene rings is 1. The van der Waals surface area contributed by atoms with E-state index in [-0.39, 0.29) is 5.91 Å². The number of carbonyl (C=O) groups is 1. The minimum atomic E-state index is -0.440. The molecule has 6 nitrogen and oxygen atoms in total. The second-order valence-corrected chi connectivity index (χ2v) is 5.88. The van der Waals surface area contributed by atoms with Crippen LogP contribution in [0.2, 0.25) is 0 Å². The summed E-state index contributed by atoms with van der Waals surface area (Å²) in [4.78, 5) is 12.4. The SMILES string of the molecule is O=C1NC2(CCSC2)c2nnnn2-c2ccccc21. The van der Waals surface area contributed by atoms with Crippen LogP contribution in [-0.4, -0.2) is 37.6 Å². The molecule has 1 N–H and O–H groups in total. The standard InChI is InChI=1S/C12H11N5OS/c18-10-8-3-1-2-4-9(8)17-11(14-15-16-17)12(13-10)5-6-19-7-12/h1-4H,5-7H2,(H,13,18). The molecule has 1 aromatic carbocycles. The summed E-state index contributed by atoms with van der Waals surface area (Å²) in [6, 6.07) is 7.41. The number of nitrogens with one attached hydrogen (secondary N) is 1. The number of hydrogen-bond donors (Lipinski definition) is 1. The van der Waals surface area contributed by atoms with Crippen molar-refractivity contribution < 1.29 is 4.79 Å². The Morgan fingerprint density at radius 1 is 1.37 bits per heavy atom. The second kappa shape index (κ2) is 3.80. The summed E-state index contributed by atoms with van der Waals surface area (Å²) in [6.07, 6.45) is 0.859. The summed E-state index contributed by atoms with van der Waals surface area (Å²) in [5.74, 6) is 2.48. The van der Waals surface area contributed by atoms with Gasteiger partial charge in [-0.3, -0.25) is 4.79 Å². The highest BCUT2D eigenvalue weighted by atomic mass is 32.2. The summed E-state index contributed by atoms with van der Waals surface area (Å²) in [5.41, 5.74) is 0.920. The molecule has 1 unspecified atom stereocenters. The van der Waals surface area contributed by atoms with E-state index in [1.165, 1.54) is 0 Å². The van der Waals surface area contributed by atoms with E-state index in [1.54, 1.807) is 10.7 Å². The van der Waals surface area contributed by atoms with E-state index in [0.717, 1.165) is 29.4 Å². The molecule has 0 bridgehead atoms. The molecule has 7 heteroatoms. The zero-order chi connectivity index (χ0) is 12.9. The van der Waals surface area contributed by atoms with Crippen LogP contribution in [0.4, 0.5) is 0 Å². The monoisotopic (exact) mass is 273 g/mol. The van der Waals surface area contributed by atoms with Crippen LogP contribution in [0.3, 0.4) is 0 Å². The van der Waals surface area contributed by atoms with Gasteiger partial charge in [0.1, 0.15) is 5.54 Å². The summed E-state index contributed by atoms with van der Waals surface area (Å²) in [6.45, 7) is 0. The number of fused-ring (bicyclic) bond motifs is 4. The second-order valence-electron chi connectivity index (χ2n) is 4.77. The Kier molecular flexibility index (Phi) is 2.20. The predicted molar refractivity (Wildman–Crippen MR) is 70.2 cm³/mol. The Bertz CT molecular complexity index is 662. The van der Waals surface area contributed by atoms with Crippen LogP contribution in [0.5, 0.6) is 0 Å². The number of nitrogens with zero attached hydrogens (tertiary/aromatic N) is 4. The molecule has 1 fully saturated rings. The highest BCUT2D eigenvalue weighted by Crippen LogP contribution is 2.38. The fourth-order valence-corrected chi connectivity index (χ4v) is 4.01. The van der Waals surface area contributed by atoms with Crippen molar-refractivity contribution in [3.63, 3.8) is 0 Å². The molecule has 3 heterocycles. The molecular weight excluding hydrogens is 262 g/mol. The van der Waals surface area contributed by atoms with E-state index >= 15 is 0 Å². The molecule has 0 saturated carbocycles. The van der Waals surface area contributed by atoms with Crippen molar-refractivity contribution in [1.82, 2.24) is 25.5 Å². The molecule has 1 atom stereocenters. The van der Waals surface area contributed by atoms with E-state index in [9.17, 15) is 4.79 Å². The third-order valence-corrected chi connectivity index (χ3v) is 4.84. The van der Waals surface area contributed by atoms with Gasteiger partial charge in [-0.05, 0) is 34.7 Å². The van der Waals surface area contributed by atoms with Gasteiger partial charge >= 0.3 is 0 Å². The Morgan fingerprint density at radius 3 is 3.11 bits per heavy atom. The molecule has 1 saturated heterocycles. The summed E-state index contributed by atoms with van der Waals surface area (Å²) >= 11 is 1.81. The van der Waals surface area contributed by atoms with Crippen molar-refractivity contribution in [3.8, 4) is 5.69 Å². The minimum Gasteiger partial charge on any atom is -0.338 e. The number of rotatable bonds is 0. The Morgan fingerprint density at radius 2 is 2.26 bits per heavy atom. The number of amides is 1. The third-order valence-electron chi connectivity index (χ3n) is 3.65. The van der Waals surface area contributed by atoms with Crippen molar-refractivity contribution in [3.05, 3.63) is 35.7 Å². The minimum absolute atomic E-state index is 0.0644. The average molecular weight is 273 g/mol. The molecule has 4 rings (SSSR count). The number of carbonyl (C=O) groups excluding carboxylic acids is 1. The van der Waals surface area contributed by atoms with Crippen LogP contribution >= 0.6 is 11.8 Å². The number of thioether (sulfide) groups is 1. The van der Waals surface area contributed by atoms with Gasteiger partial charge < -0.3 is 5.32 Å². The first kappa shape index (κ1) is 11.0. The Hall–Kier alpha value is -1.89. The topological polar surface area (TPSA) is 72.7 Å². The largest absolute Gasteiger partial charge is 0.338 e. The lowest BCUT2D eigenvalue weighted by Crippen LogP contribution is -2.46. The smallest absolute Gasteiger partial charge is 0.254 e. The normalized spacial score (nSPS) is 24.7. The van der Waals surface area contributed by atoms with Crippen LogP contribution < -0.4 is 5.32 Å². The molecule has 2 aromatic rings. The average Bonchev–Trinajstić information content (AvgIpc) is 3.05. The maximum absolute atomic E-state index is 12.4. The van der Waals surface area contributed by atoms with Gasteiger partial charge in [0, 0.05) is 5.75 Å². The van der Waals surface area contributed by atoms with E-state index in [1.807, 2.05) is 30.0 Å². The van der Waals surface area contributed by atoms with Gasteiger partial charge in [-0.1, -0.05) is 12.1 Å². The summed E-state index contributed by atoms with van der Waals surface area (Å²) in [5, 5.41) is 15.1. The Labute approximate surface area is 113 Å². The maximum Gasteiger partial charge on any atom is 0.254 e. The van der Waals surface area contributed by atoms with Crippen molar-refractivity contribution in [2.45, 2.75) is 12.0 Å². The summed E-state index contributed by atoms with van der Waals surface area (Å²) in [7, 11) is 0. The van der Waals surface area contributed by atoms with E-state index < -0.39 is 5.54 Å². The molecule has 96 valence electrons. The highest BCUT2D eigenvalue weighted by molar-refractivity contribution is 7.99. The first-order chi connectivity index (χ1) is 9.30. The Balaban J connectivity index is 2.00. The third kappa shape index (κ3) is 1.45. The molecule has 1 spiro atoms. The quantitative estimate of drug-likeness (QED) is 0.766. The van der Waals surface area contributed by atoms with Gasteiger partial charge in [-0.2, -0.15) is 16.4 Å². The van der Waals surface area contributed by atoms with E-state index in [0.29, 0.717) is 5.56 Å². The molecule has 0 radical (unpaired) electrons. The van der Waals surface area contributed by atoms with Crippen LogP contribution in [0.25, 0.3) is 5.69 Å². The van der Waals surface area contributed by atoms with Crippen molar-refractivity contribution >= 4 is 17.7 Å². The lowest BCUT2D eigenvalue weighted by Gasteiger charge is -2.25. The zero-order valence-corrected chi connectivity index (χ0v) is 10.9. The van der Waals surface area contributed by atoms with Crippen LogP contribution in [0, 0.1) is 0 Å². The number of para-hydroxylation sites is 1. The maximum atomic E-state index is 12.4. The van der Waals surface area contributed by atoms with Crippen molar-refractivity contribution in [2.75, 3.05) is 11.5 Å². The fraction of sp³-hybridized carbons (Fsp3) is 0.333. The van der Waals surface area contributed by atoms with Crippen LogP contribution in [0.15, 0.2) is 24.3 Å². The van der Waals surface area contributed by atoms with Gasteiger partial charge in [0.15, 0.2) is 5.82 Å². The fourth-order valence-electron chi connectivity index (χ4n) is 2.68. The first-order valence-electron chi connectivity index (χ1n) is 6.09. The number of tetrazole rings is 1. The van der Waals surface area contributed by atoms with Crippen LogP contribution in [0.1, 0.15) is 22.6 Å².